The zero-order chi connectivity index (χ0) is 14.3. The van der Waals surface area contributed by atoms with Crippen molar-refractivity contribution >= 4 is 5.91 Å². The molecule has 0 saturated heterocycles. The monoisotopic (exact) mass is 277 g/mol. The largest absolute Gasteiger partial charge is 0.382 e. The molecule has 1 aromatic rings. The van der Waals surface area contributed by atoms with Crippen LogP contribution in [0.4, 0.5) is 13.2 Å². The zero-order valence-electron chi connectivity index (χ0n) is 10.3. The van der Waals surface area contributed by atoms with E-state index in [1.165, 1.54) is 7.11 Å². The van der Waals surface area contributed by atoms with E-state index < -0.39 is 28.9 Å². The van der Waals surface area contributed by atoms with Gasteiger partial charge in [0.15, 0.2) is 0 Å². The van der Waals surface area contributed by atoms with Crippen molar-refractivity contribution in [3.8, 4) is 0 Å². The van der Waals surface area contributed by atoms with E-state index in [0.717, 1.165) is 0 Å². The summed E-state index contributed by atoms with van der Waals surface area (Å²) in [6.45, 7) is -0.0318. The van der Waals surface area contributed by atoms with Gasteiger partial charge in [0.05, 0.1) is 13.2 Å². The average Bonchev–Trinajstić information content (AvgIpc) is 2.33. The molecule has 0 unspecified atom stereocenters. The van der Waals surface area contributed by atoms with Crippen LogP contribution in [0, 0.1) is 17.5 Å². The first-order valence-corrected chi connectivity index (χ1v) is 5.51. The molecule has 0 aliphatic carbocycles. The Morgan fingerprint density at radius 2 is 1.84 bits per heavy atom. The molecule has 7 heteroatoms. The van der Waals surface area contributed by atoms with Gasteiger partial charge in [0.2, 0.25) is 5.91 Å². The van der Waals surface area contributed by atoms with Crippen LogP contribution in [0.25, 0.3) is 0 Å². The Hall–Kier alpha value is -1.60. The second-order valence-corrected chi connectivity index (χ2v) is 3.67. The van der Waals surface area contributed by atoms with Crippen molar-refractivity contribution in [1.82, 2.24) is 5.32 Å². The van der Waals surface area contributed by atoms with Crippen LogP contribution >= 0.6 is 0 Å². The number of benzene rings is 1. The maximum absolute atomic E-state index is 13.2. The highest BCUT2D eigenvalue weighted by Crippen LogP contribution is 2.14. The lowest BCUT2D eigenvalue weighted by Gasteiger charge is -2.08. The zero-order valence-corrected chi connectivity index (χ0v) is 10.3. The first-order valence-electron chi connectivity index (χ1n) is 5.51. The van der Waals surface area contributed by atoms with Crippen LogP contribution in [0.15, 0.2) is 12.1 Å². The number of carbonyl (C=O) groups excluding carboxylic acids is 1. The van der Waals surface area contributed by atoms with E-state index in [4.69, 9.17) is 9.47 Å². The Morgan fingerprint density at radius 1 is 1.21 bits per heavy atom. The lowest BCUT2D eigenvalue weighted by molar-refractivity contribution is -0.126. The fourth-order valence-corrected chi connectivity index (χ4v) is 1.29. The molecule has 1 amide bonds. The SMILES string of the molecule is COCCOCC(=O)NCc1c(F)cc(F)cc1F. The molecule has 0 saturated carbocycles. The number of amides is 1. The minimum Gasteiger partial charge on any atom is -0.382 e. The molecule has 0 aliphatic heterocycles. The highest BCUT2D eigenvalue weighted by atomic mass is 19.1. The first kappa shape index (κ1) is 15.5. The predicted octanol–water partition coefficient (Wildman–Crippen LogP) is 1.38. The van der Waals surface area contributed by atoms with Gasteiger partial charge < -0.3 is 14.8 Å². The Bertz CT molecular complexity index is 417. The van der Waals surface area contributed by atoms with Gasteiger partial charge in [-0.3, -0.25) is 4.79 Å². The van der Waals surface area contributed by atoms with Crippen molar-refractivity contribution in [3.63, 3.8) is 0 Å². The Morgan fingerprint density at radius 3 is 2.42 bits per heavy atom. The maximum Gasteiger partial charge on any atom is 0.246 e. The smallest absolute Gasteiger partial charge is 0.246 e. The van der Waals surface area contributed by atoms with Gasteiger partial charge in [-0.05, 0) is 0 Å². The van der Waals surface area contributed by atoms with Gasteiger partial charge in [-0.2, -0.15) is 0 Å². The molecule has 1 N–H and O–H groups in total. The molecule has 0 atom stereocenters. The summed E-state index contributed by atoms with van der Waals surface area (Å²) in [7, 11) is 1.49. The first-order chi connectivity index (χ1) is 9.04. The second kappa shape index (κ2) is 7.75. The number of hydrogen-bond acceptors (Lipinski definition) is 3. The van der Waals surface area contributed by atoms with Gasteiger partial charge in [0.1, 0.15) is 24.1 Å². The fraction of sp³-hybridized carbons (Fsp3) is 0.417. The van der Waals surface area contributed by atoms with Crippen LogP contribution in [0.2, 0.25) is 0 Å². The second-order valence-electron chi connectivity index (χ2n) is 3.67. The molecule has 1 rings (SSSR count). The van der Waals surface area contributed by atoms with E-state index in [-0.39, 0.29) is 19.8 Å². The van der Waals surface area contributed by atoms with Gasteiger partial charge in [0, 0.05) is 31.4 Å². The highest BCUT2D eigenvalue weighted by molar-refractivity contribution is 5.77. The van der Waals surface area contributed by atoms with Crippen LogP contribution in [0.1, 0.15) is 5.56 Å². The Balaban J connectivity index is 2.42. The lowest BCUT2D eigenvalue weighted by Crippen LogP contribution is -2.28. The number of nitrogens with one attached hydrogen (secondary N) is 1. The van der Waals surface area contributed by atoms with Crippen LogP contribution < -0.4 is 5.32 Å². The lowest BCUT2D eigenvalue weighted by atomic mass is 10.2. The molecule has 106 valence electrons. The topological polar surface area (TPSA) is 47.6 Å². The summed E-state index contributed by atoms with van der Waals surface area (Å²) < 4.78 is 48.7. The molecule has 0 heterocycles. The van der Waals surface area contributed by atoms with Gasteiger partial charge in [-0.15, -0.1) is 0 Å². The van der Waals surface area contributed by atoms with Crippen LogP contribution in [0.3, 0.4) is 0 Å². The molecular formula is C12H14F3NO3. The minimum absolute atomic E-state index is 0.239. The van der Waals surface area contributed by atoms with E-state index in [2.05, 4.69) is 5.32 Å². The molecule has 0 radical (unpaired) electrons. The summed E-state index contributed by atoms with van der Waals surface area (Å²) in [5, 5.41) is 2.27. The van der Waals surface area contributed by atoms with Crippen LogP contribution in [-0.2, 0) is 20.8 Å². The molecule has 4 nitrogen and oxygen atoms in total. The number of carbonyl (C=O) groups is 1. The summed E-state index contributed by atoms with van der Waals surface area (Å²) in [5.41, 5.74) is -0.397. The quantitative estimate of drug-likeness (QED) is 0.766. The fourth-order valence-electron chi connectivity index (χ4n) is 1.29. The van der Waals surface area contributed by atoms with Crippen molar-refractivity contribution in [2.24, 2.45) is 0 Å². The van der Waals surface area contributed by atoms with Gasteiger partial charge in [0.25, 0.3) is 0 Å². The van der Waals surface area contributed by atoms with Crippen molar-refractivity contribution < 1.29 is 27.4 Å². The van der Waals surface area contributed by atoms with E-state index in [1.54, 1.807) is 0 Å². The molecule has 1 aromatic carbocycles. The van der Waals surface area contributed by atoms with E-state index in [1.807, 2.05) is 0 Å². The summed E-state index contributed by atoms with van der Waals surface area (Å²) in [6, 6.07) is 1.11. The minimum atomic E-state index is -1.04. The maximum atomic E-state index is 13.2. The molecular weight excluding hydrogens is 263 g/mol. The van der Waals surface area contributed by atoms with E-state index in [9.17, 15) is 18.0 Å². The number of ether oxygens (including phenoxy) is 2. The highest BCUT2D eigenvalue weighted by Gasteiger charge is 2.12. The molecule has 19 heavy (non-hydrogen) atoms. The molecule has 0 fully saturated rings. The molecule has 0 aliphatic rings. The van der Waals surface area contributed by atoms with Crippen LogP contribution in [0.5, 0.6) is 0 Å². The molecule has 0 spiro atoms. The van der Waals surface area contributed by atoms with E-state index in [0.29, 0.717) is 18.7 Å². The number of rotatable bonds is 7. The number of methoxy groups -OCH3 is 1. The van der Waals surface area contributed by atoms with Crippen molar-refractivity contribution in [1.29, 1.82) is 0 Å². The number of halogens is 3. The Kier molecular flexibility index (Phi) is 6.31. The van der Waals surface area contributed by atoms with Crippen molar-refractivity contribution in [3.05, 3.63) is 35.1 Å². The van der Waals surface area contributed by atoms with Gasteiger partial charge in [-0.25, -0.2) is 13.2 Å². The third kappa shape index (κ3) is 5.27. The average molecular weight is 277 g/mol. The summed E-state index contributed by atoms with van der Waals surface area (Å²) in [4.78, 5) is 11.3. The number of hydrogen-bond donors (Lipinski definition) is 1. The standard InChI is InChI=1S/C12H14F3NO3/c1-18-2-3-19-7-12(17)16-6-9-10(14)4-8(13)5-11(9)15/h4-5H,2-3,6-7H2,1H3,(H,16,17). The predicted molar refractivity (Wildman–Crippen MR) is 60.9 cm³/mol. The van der Waals surface area contributed by atoms with E-state index >= 15 is 0 Å². The van der Waals surface area contributed by atoms with Crippen molar-refractivity contribution in [2.75, 3.05) is 26.9 Å². The van der Waals surface area contributed by atoms with Crippen LogP contribution in [-0.4, -0.2) is 32.8 Å². The third-order valence-electron chi connectivity index (χ3n) is 2.23. The van der Waals surface area contributed by atoms with Crippen molar-refractivity contribution in [2.45, 2.75) is 6.54 Å². The van der Waals surface area contributed by atoms with Gasteiger partial charge >= 0.3 is 0 Å². The molecule has 0 aromatic heterocycles. The summed E-state index contributed by atoms with van der Waals surface area (Å²) in [6.07, 6.45) is 0. The van der Waals surface area contributed by atoms with Gasteiger partial charge in [-0.1, -0.05) is 0 Å². The summed E-state index contributed by atoms with van der Waals surface area (Å²) >= 11 is 0. The third-order valence-corrected chi connectivity index (χ3v) is 2.23. The Labute approximate surface area is 108 Å². The summed E-state index contributed by atoms with van der Waals surface area (Å²) in [5.74, 6) is -3.62. The normalized spacial score (nSPS) is 10.5. The molecule has 0 bridgehead atoms.